The van der Waals surface area contributed by atoms with Crippen LogP contribution in [-0.2, 0) is 4.79 Å². The van der Waals surface area contributed by atoms with Gasteiger partial charge in [0.2, 0.25) is 11.0 Å². The fourth-order valence-electron chi connectivity index (χ4n) is 3.08. The van der Waals surface area contributed by atoms with Gasteiger partial charge in [-0.25, -0.2) is 5.84 Å². The molecule has 14 heteroatoms. The smallest absolute Gasteiger partial charge is 0.299 e. The number of carbonyl (C=O) groups is 1. The van der Waals surface area contributed by atoms with E-state index in [4.69, 9.17) is 18.1 Å². The number of nitro groups is 2. The molecule has 0 fully saturated rings. The number of non-ortho nitro benzene ring substituents is 1. The Morgan fingerprint density at radius 2 is 1.79 bits per heavy atom. The highest BCUT2D eigenvalue weighted by Crippen LogP contribution is 2.29. The second-order valence-corrected chi connectivity index (χ2v) is 8.01. The Bertz CT molecular complexity index is 903. The number of hydrazine groups is 1. The maximum atomic E-state index is 13.3. The van der Waals surface area contributed by atoms with E-state index < -0.39 is 33.0 Å². The van der Waals surface area contributed by atoms with E-state index in [9.17, 15) is 25.0 Å². The van der Waals surface area contributed by atoms with Gasteiger partial charge in [-0.3, -0.25) is 35.9 Å². The van der Waals surface area contributed by atoms with Gasteiger partial charge < -0.3 is 10.2 Å². The van der Waals surface area contributed by atoms with Gasteiger partial charge in [0, 0.05) is 18.3 Å². The molecule has 34 heavy (non-hydrogen) atoms. The summed E-state index contributed by atoms with van der Waals surface area (Å²) >= 11 is 4.92. The normalized spacial score (nSPS) is 12.2. The van der Waals surface area contributed by atoms with Crippen molar-refractivity contribution in [3.8, 4) is 0 Å². The van der Waals surface area contributed by atoms with Crippen LogP contribution in [0.5, 0.6) is 0 Å². The molecule has 1 aromatic carbocycles. The third kappa shape index (κ3) is 9.33. The van der Waals surface area contributed by atoms with Gasteiger partial charge in [0.1, 0.15) is 5.69 Å². The first-order valence-electron chi connectivity index (χ1n) is 10.9. The van der Waals surface area contributed by atoms with Crippen molar-refractivity contribution < 1.29 is 14.6 Å². The number of anilines is 1. The lowest BCUT2D eigenvalue weighted by Gasteiger charge is -2.27. The van der Waals surface area contributed by atoms with E-state index in [2.05, 4.69) is 40.0 Å². The van der Waals surface area contributed by atoms with Crippen molar-refractivity contribution in [2.24, 2.45) is 16.9 Å². The number of benzene rings is 1. The molecule has 0 saturated heterocycles. The van der Waals surface area contributed by atoms with Crippen LogP contribution in [0, 0.1) is 26.1 Å². The van der Waals surface area contributed by atoms with Crippen LogP contribution in [0.15, 0.2) is 23.3 Å². The summed E-state index contributed by atoms with van der Waals surface area (Å²) in [7, 11) is 0. The Morgan fingerprint density at radius 3 is 2.29 bits per heavy atom. The number of unbranched alkanes of at least 4 members (excludes halogenated alkanes) is 2. The molecule has 1 atom stereocenters. The summed E-state index contributed by atoms with van der Waals surface area (Å²) in [5, 5.41) is 29.2. The molecule has 0 aliphatic rings. The molecule has 13 nitrogen and oxygen atoms in total. The highest BCUT2D eigenvalue weighted by atomic mass is 32.1. The maximum absolute atomic E-state index is 13.3. The zero-order valence-corrected chi connectivity index (χ0v) is 20.4. The summed E-state index contributed by atoms with van der Waals surface area (Å²) in [4.78, 5) is 36.4. The Hall–Kier alpha value is -3.23. The highest BCUT2D eigenvalue weighted by molar-refractivity contribution is 7.80. The molecule has 0 aromatic heterocycles. The van der Waals surface area contributed by atoms with Gasteiger partial charge >= 0.3 is 0 Å². The van der Waals surface area contributed by atoms with Gasteiger partial charge in [0.25, 0.3) is 11.4 Å². The number of nitrogens with one attached hydrogen (secondary N) is 3. The maximum Gasteiger partial charge on any atom is 0.299 e. The Kier molecular flexibility index (Phi) is 12.6. The number of amides is 1. The van der Waals surface area contributed by atoms with Crippen molar-refractivity contribution in [1.82, 2.24) is 15.8 Å². The minimum Gasteiger partial charge on any atom is -0.320 e. The van der Waals surface area contributed by atoms with Crippen molar-refractivity contribution in [2.45, 2.75) is 46.5 Å². The number of carbonyl (C=O) groups excluding carboxylic acids is 1. The van der Waals surface area contributed by atoms with Gasteiger partial charge in [-0.1, -0.05) is 26.7 Å². The number of hydrogen-bond donors (Lipinski definition) is 4. The number of rotatable bonds is 14. The van der Waals surface area contributed by atoms with Crippen molar-refractivity contribution in [2.75, 3.05) is 25.0 Å². The predicted molar refractivity (Wildman–Crippen MR) is 134 cm³/mol. The lowest BCUT2D eigenvalue weighted by Crippen LogP contribution is -2.42. The van der Waals surface area contributed by atoms with Gasteiger partial charge in [0.15, 0.2) is 0 Å². The van der Waals surface area contributed by atoms with Gasteiger partial charge in [0.05, 0.1) is 21.8 Å². The van der Waals surface area contributed by atoms with E-state index in [1.54, 1.807) is 6.92 Å². The summed E-state index contributed by atoms with van der Waals surface area (Å²) in [5.41, 5.74) is 4.00. The van der Waals surface area contributed by atoms with Crippen molar-refractivity contribution in [3.63, 3.8) is 0 Å². The monoisotopic (exact) mass is 496 g/mol. The van der Waals surface area contributed by atoms with Crippen LogP contribution in [0.1, 0.15) is 46.5 Å². The Balaban J connectivity index is 3.26. The molecular weight excluding hydrogens is 464 g/mol. The first kappa shape index (κ1) is 28.8. The molecule has 0 saturated carbocycles. The van der Waals surface area contributed by atoms with Crippen LogP contribution in [0.25, 0.3) is 0 Å². The van der Waals surface area contributed by atoms with Crippen LogP contribution in [0.2, 0.25) is 0 Å². The number of hydrazone groups is 1. The van der Waals surface area contributed by atoms with E-state index in [1.807, 2.05) is 0 Å². The molecule has 0 aliphatic heterocycles. The molecule has 1 rings (SSSR count). The van der Waals surface area contributed by atoms with E-state index in [-0.39, 0.29) is 10.8 Å². The fourth-order valence-corrected chi connectivity index (χ4v) is 3.13. The van der Waals surface area contributed by atoms with Crippen LogP contribution in [0.3, 0.4) is 0 Å². The number of thiocarbonyl (C=S) groups is 1. The zero-order valence-electron chi connectivity index (χ0n) is 19.6. The summed E-state index contributed by atoms with van der Waals surface area (Å²) in [5.74, 6) is 3.92. The second kappa shape index (κ2) is 14.8. The zero-order chi connectivity index (χ0) is 25.7. The number of nitrogens with two attached hydrogens (primary N) is 1. The molecule has 1 aromatic rings. The summed E-state index contributed by atoms with van der Waals surface area (Å²) < 4.78 is 0. The molecule has 0 heterocycles. The Labute approximate surface area is 203 Å². The number of nitro benzene ring substituents is 2. The van der Waals surface area contributed by atoms with Crippen molar-refractivity contribution in [3.05, 3.63) is 38.4 Å². The summed E-state index contributed by atoms with van der Waals surface area (Å²) in [6, 6.07) is 3.06. The summed E-state index contributed by atoms with van der Waals surface area (Å²) in [6.45, 7) is 7.67. The van der Waals surface area contributed by atoms with Gasteiger partial charge in [-0.2, -0.15) is 5.10 Å². The van der Waals surface area contributed by atoms with Crippen LogP contribution < -0.4 is 22.0 Å². The number of nitrogens with zero attached hydrogens (tertiary/aromatic N) is 4. The number of hydrogen-bond acceptors (Lipinski definition) is 9. The van der Waals surface area contributed by atoms with Gasteiger partial charge in [-0.05, 0) is 51.1 Å². The second-order valence-electron chi connectivity index (χ2n) is 7.60. The third-order valence-electron chi connectivity index (χ3n) is 5.03. The molecule has 0 radical (unpaired) electrons. The minimum atomic E-state index is -0.781. The molecule has 0 spiro atoms. The molecule has 0 aliphatic carbocycles. The fraction of sp³-hybridized carbons (Fsp3) is 0.550. The van der Waals surface area contributed by atoms with Crippen LogP contribution >= 0.6 is 12.2 Å². The standard InChI is InChI=1S/C20H32N8O5S/c1-4-6-10-26(11-7-5-2)13-16(14(3)24-25-20(34)23-21)19(29)22-17-9-8-15(27(30)31)12-18(17)28(32)33/h8-9,12,16H,4-7,10-11,13,21H2,1-3H3,(H,22,29)(H2,23,25,34)/b24-14-/t16-/m0/s1. The molecule has 5 N–H and O–H groups in total. The molecular formula is C20H32N8O5S. The van der Waals surface area contributed by atoms with Crippen molar-refractivity contribution >= 4 is 46.0 Å². The highest BCUT2D eigenvalue weighted by Gasteiger charge is 2.28. The Morgan fingerprint density at radius 1 is 1.18 bits per heavy atom. The lowest BCUT2D eigenvalue weighted by atomic mass is 10.0. The SMILES string of the molecule is CCCCN(CCCC)C[C@H](C(=O)Nc1ccc([N+](=O)[O-])cc1[N+](=O)[O-])/C(C)=N\NC(=S)NN. The first-order valence-corrected chi connectivity index (χ1v) is 11.3. The lowest BCUT2D eigenvalue weighted by molar-refractivity contribution is -0.393. The first-order chi connectivity index (χ1) is 16.1. The quantitative estimate of drug-likeness (QED) is 0.0982. The largest absolute Gasteiger partial charge is 0.320 e. The van der Waals surface area contributed by atoms with E-state index in [0.717, 1.165) is 57.0 Å². The molecule has 0 bridgehead atoms. The average Bonchev–Trinajstić information content (AvgIpc) is 2.81. The minimum absolute atomic E-state index is 0.0540. The molecule has 188 valence electrons. The van der Waals surface area contributed by atoms with Gasteiger partial charge in [-0.15, -0.1) is 0 Å². The van der Waals surface area contributed by atoms with Crippen molar-refractivity contribution in [1.29, 1.82) is 0 Å². The topological polar surface area (TPSA) is 181 Å². The van der Waals surface area contributed by atoms with E-state index >= 15 is 0 Å². The average molecular weight is 497 g/mol. The van der Waals surface area contributed by atoms with Crippen LogP contribution in [0.4, 0.5) is 17.1 Å². The third-order valence-corrected chi connectivity index (χ3v) is 5.24. The van der Waals surface area contributed by atoms with E-state index in [1.165, 1.54) is 0 Å². The summed E-state index contributed by atoms with van der Waals surface area (Å²) in [6.07, 6.45) is 3.86. The van der Waals surface area contributed by atoms with Crippen LogP contribution in [-0.4, -0.2) is 51.1 Å². The van der Waals surface area contributed by atoms with E-state index in [0.29, 0.717) is 12.3 Å². The molecule has 0 unspecified atom stereocenters. The molecule has 1 amide bonds. The predicted octanol–water partition coefficient (Wildman–Crippen LogP) is 2.67.